The number of hydrogen-bond acceptors (Lipinski definition) is 3. The topological polar surface area (TPSA) is 70.6 Å². The van der Waals surface area contributed by atoms with Crippen molar-refractivity contribution >= 4 is 0 Å². The summed E-state index contributed by atoms with van der Waals surface area (Å²) in [7, 11) is 0. The van der Waals surface area contributed by atoms with E-state index in [0.717, 1.165) is 0 Å². The van der Waals surface area contributed by atoms with Gasteiger partial charge in [-0.15, -0.1) is 0 Å². The lowest BCUT2D eigenvalue weighted by Crippen LogP contribution is -3.10. The van der Waals surface area contributed by atoms with E-state index in [1.807, 2.05) is 0 Å². The van der Waals surface area contributed by atoms with Gasteiger partial charge in [0.1, 0.15) is 0 Å². The number of nitrogens with one attached hydrogen (secondary N) is 1. The summed E-state index contributed by atoms with van der Waals surface area (Å²) >= 11 is 0. The predicted molar refractivity (Wildman–Crippen MR) is 45.4 cm³/mol. The molecule has 0 heterocycles. The maximum atomic E-state index is 11.0. The average molecular weight is 176 g/mol. The van der Waals surface area contributed by atoms with Crippen LogP contribution in [0.4, 0.5) is 0 Å². The zero-order valence-corrected chi connectivity index (χ0v) is 7.74. The average Bonchev–Trinajstić information content (AvgIpc) is 2.02. The number of hydrogen-bond donors (Lipinski definition) is 1. The molecule has 0 radical (unpaired) electrons. The van der Waals surface area contributed by atoms with Gasteiger partial charge in [-0.1, -0.05) is 0 Å². The first-order chi connectivity index (χ1) is 5.49. The van der Waals surface area contributed by atoms with Crippen LogP contribution in [0.1, 0.15) is 27.2 Å². The van der Waals surface area contributed by atoms with E-state index in [4.69, 9.17) is 0 Å². The third-order valence-corrected chi connectivity index (χ3v) is 1.95. The zero-order chi connectivity index (χ0) is 9.72. The van der Waals surface area contributed by atoms with E-state index in [0.29, 0.717) is 13.0 Å². The van der Waals surface area contributed by atoms with Gasteiger partial charge >= 0.3 is 0 Å². The largest absolute Gasteiger partial charge is 0.634 e. The monoisotopic (exact) mass is 176 g/mol. The molecule has 3 atom stereocenters. The highest BCUT2D eigenvalue weighted by molar-refractivity contribution is 4.55. The zero-order valence-electron chi connectivity index (χ0n) is 7.74. The summed E-state index contributed by atoms with van der Waals surface area (Å²) in [5.41, 5.74) is 0. The molecular weight excluding hydrogens is 160 g/mol. The number of quaternary nitrogens is 1. The van der Waals surface area contributed by atoms with Gasteiger partial charge in [0.05, 0.1) is 19.0 Å². The molecule has 0 aliphatic heterocycles. The molecule has 72 valence electrons. The Morgan fingerprint density at radius 3 is 2.33 bits per heavy atom. The lowest BCUT2D eigenvalue weighted by atomic mass is 10.1. The van der Waals surface area contributed by atoms with Gasteiger partial charge in [-0.3, -0.25) is 10.1 Å². The summed E-state index contributed by atoms with van der Waals surface area (Å²) in [6.07, 6.45) is 0.347. The molecule has 5 nitrogen and oxygen atoms in total. The highest BCUT2D eigenvalue weighted by Crippen LogP contribution is 1.97. The molecule has 0 saturated heterocycles. The van der Waals surface area contributed by atoms with Crippen LogP contribution in [0.25, 0.3) is 0 Å². The lowest BCUT2D eigenvalue weighted by molar-refractivity contribution is -0.873. The molecule has 12 heavy (non-hydrogen) atoms. The van der Waals surface area contributed by atoms with Gasteiger partial charge in [0, 0.05) is 11.8 Å². The quantitative estimate of drug-likeness (QED) is 0.467. The van der Waals surface area contributed by atoms with Crippen LogP contribution < -0.4 is 5.06 Å². The van der Waals surface area contributed by atoms with E-state index in [-0.39, 0.29) is 16.0 Å². The molecule has 0 aromatic rings. The van der Waals surface area contributed by atoms with E-state index >= 15 is 0 Å². The van der Waals surface area contributed by atoms with E-state index in [1.165, 1.54) is 6.92 Å². The van der Waals surface area contributed by atoms with Crippen LogP contribution in [-0.2, 0) is 0 Å². The summed E-state index contributed by atoms with van der Waals surface area (Å²) < 4.78 is 0. The lowest BCUT2D eigenvalue weighted by Gasteiger charge is -2.27. The van der Waals surface area contributed by atoms with E-state index in [1.54, 1.807) is 13.8 Å². The molecule has 0 aromatic heterocycles. The summed E-state index contributed by atoms with van der Waals surface area (Å²) in [5, 5.41) is 21.4. The van der Waals surface area contributed by atoms with Crippen molar-refractivity contribution in [3.8, 4) is 0 Å². The Hall–Kier alpha value is -0.680. The second-order valence-electron chi connectivity index (χ2n) is 3.09. The maximum absolute atomic E-state index is 11.0. The Morgan fingerprint density at radius 1 is 1.50 bits per heavy atom. The standard InChI is InChI=1S/C7H16N2O3/c1-4-8(10)6(2)5-7(3)9(11)12/h6-8H,4-5H2,1-3H3. The highest BCUT2D eigenvalue weighted by atomic mass is 16.6. The third kappa shape index (κ3) is 3.64. The fourth-order valence-corrected chi connectivity index (χ4v) is 1.08. The van der Waals surface area contributed by atoms with Gasteiger partial charge in [-0.25, -0.2) is 0 Å². The minimum absolute atomic E-state index is 0.101. The Balaban J connectivity index is 3.83. The van der Waals surface area contributed by atoms with Crippen molar-refractivity contribution < 1.29 is 9.99 Å². The molecule has 0 amide bonds. The Bertz CT molecular complexity index is 152. The first-order valence-corrected chi connectivity index (χ1v) is 4.15. The number of rotatable bonds is 5. The van der Waals surface area contributed by atoms with Crippen LogP contribution >= 0.6 is 0 Å². The molecule has 1 N–H and O–H groups in total. The molecule has 0 saturated carbocycles. The Morgan fingerprint density at radius 2 is 2.00 bits per heavy atom. The van der Waals surface area contributed by atoms with Crippen LogP contribution in [0.5, 0.6) is 0 Å². The second-order valence-corrected chi connectivity index (χ2v) is 3.09. The summed E-state index contributed by atoms with van der Waals surface area (Å²) in [6.45, 7) is 5.51. The SMILES string of the molecule is CC[NH+]([O-])C(C)CC(C)[N+](=O)[O-]. The van der Waals surface area contributed by atoms with E-state index in [9.17, 15) is 15.3 Å². The number of nitro groups is 1. The molecule has 3 unspecified atom stereocenters. The molecule has 0 fully saturated rings. The van der Waals surface area contributed by atoms with Crippen molar-refractivity contribution in [2.45, 2.75) is 39.3 Å². The Kier molecular flexibility index (Phi) is 4.77. The normalized spacial score (nSPS) is 18.3. The van der Waals surface area contributed by atoms with Crippen LogP contribution in [0.15, 0.2) is 0 Å². The van der Waals surface area contributed by atoms with Gasteiger partial charge < -0.3 is 10.3 Å². The van der Waals surface area contributed by atoms with Crippen molar-refractivity contribution in [2.24, 2.45) is 0 Å². The van der Waals surface area contributed by atoms with Crippen molar-refractivity contribution in [3.05, 3.63) is 15.3 Å². The first kappa shape index (κ1) is 11.3. The minimum atomic E-state index is -0.615. The fraction of sp³-hybridized carbons (Fsp3) is 1.00. The number of nitrogens with zero attached hydrogens (tertiary/aromatic N) is 1. The molecular formula is C7H16N2O3. The predicted octanol–water partition coefficient (Wildman–Crippen LogP) is -0.167. The minimum Gasteiger partial charge on any atom is -0.634 e. The van der Waals surface area contributed by atoms with Crippen LogP contribution in [0.2, 0.25) is 0 Å². The number of hydroxylamine groups is 2. The van der Waals surface area contributed by atoms with Crippen molar-refractivity contribution in [3.63, 3.8) is 0 Å². The van der Waals surface area contributed by atoms with E-state index < -0.39 is 6.04 Å². The molecule has 0 spiro atoms. The van der Waals surface area contributed by atoms with Gasteiger partial charge in [-0.2, -0.15) is 0 Å². The summed E-state index contributed by atoms with van der Waals surface area (Å²) in [4.78, 5) is 9.89. The third-order valence-electron chi connectivity index (χ3n) is 1.95. The van der Waals surface area contributed by atoms with Gasteiger partial charge in [0.25, 0.3) is 0 Å². The fourth-order valence-electron chi connectivity index (χ4n) is 1.08. The second kappa shape index (κ2) is 5.05. The molecule has 0 aromatic carbocycles. The van der Waals surface area contributed by atoms with Crippen LogP contribution in [0, 0.1) is 15.3 Å². The van der Waals surface area contributed by atoms with Gasteiger partial charge in [0.15, 0.2) is 0 Å². The van der Waals surface area contributed by atoms with Crippen LogP contribution in [0.3, 0.4) is 0 Å². The molecule has 0 bridgehead atoms. The molecule has 0 aliphatic carbocycles. The maximum Gasteiger partial charge on any atom is 0.216 e. The van der Waals surface area contributed by atoms with Gasteiger partial charge in [0.2, 0.25) is 6.04 Å². The van der Waals surface area contributed by atoms with Crippen LogP contribution in [-0.4, -0.2) is 23.6 Å². The van der Waals surface area contributed by atoms with Crippen molar-refractivity contribution in [1.82, 2.24) is 0 Å². The van der Waals surface area contributed by atoms with Crippen molar-refractivity contribution in [2.75, 3.05) is 6.54 Å². The summed E-state index contributed by atoms with van der Waals surface area (Å²) in [6, 6.07) is -0.800. The van der Waals surface area contributed by atoms with Gasteiger partial charge in [-0.05, 0) is 13.8 Å². The smallest absolute Gasteiger partial charge is 0.216 e. The Labute approximate surface area is 72.1 Å². The first-order valence-electron chi connectivity index (χ1n) is 4.15. The van der Waals surface area contributed by atoms with Crippen molar-refractivity contribution in [1.29, 1.82) is 0 Å². The van der Waals surface area contributed by atoms with E-state index in [2.05, 4.69) is 0 Å². The highest BCUT2D eigenvalue weighted by Gasteiger charge is 2.20. The summed E-state index contributed by atoms with van der Waals surface area (Å²) in [5.74, 6) is 0. The molecule has 5 heteroatoms. The molecule has 0 aliphatic rings. The molecule has 0 rings (SSSR count).